The topological polar surface area (TPSA) is 36.0 Å². The zero-order chi connectivity index (χ0) is 21.6. The van der Waals surface area contributed by atoms with E-state index in [1.165, 1.54) is 11.3 Å². The number of fused-ring (bicyclic) bond motifs is 1. The number of rotatable bonds is 8. The summed E-state index contributed by atoms with van der Waals surface area (Å²) in [7, 11) is 0. The second-order valence-corrected chi connectivity index (χ2v) is 8.40. The molecule has 1 atom stereocenters. The van der Waals surface area contributed by atoms with Crippen LogP contribution >= 0.6 is 0 Å². The molecule has 2 aliphatic rings. The Balaban J connectivity index is 1.25. The van der Waals surface area contributed by atoms with Gasteiger partial charge in [0, 0.05) is 50.9 Å². The van der Waals surface area contributed by atoms with Crippen LogP contribution in [0.25, 0.3) is 0 Å². The molecule has 0 aromatic heterocycles. The van der Waals surface area contributed by atoms with Crippen molar-refractivity contribution in [2.24, 2.45) is 0 Å². The molecule has 1 fully saturated rings. The summed E-state index contributed by atoms with van der Waals surface area (Å²) in [5.41, 5.74) is 3.49. The van der Waals surface area contributed by atoms with Crippen LogP contribution in [0.3, 0.4) is 0 Å². The van der Waals surface area contributed by atoms with Crippen molar-refractivity contribution in [3.63, 3.8) is 0 Å². The number of ether oxygens (including phenoxy) is 1. The number of hydrogen-bond acceptors (Lipinski definition) is 4. The van der Waals surface area contributed by atoms with Gasteiger partial charge in [-0.2, -0.15) is 0 Å². The second-order valence-electron chi connectivity index (χ2n) is 8.40. The van der Waals surface area contributed by atoms with E-state index >= 15 is 0 Å². The molecule has 5 heteroatoms. The van der Waals surface area contributed by atoms with Gasteiger partial charge < -0.3 is 14.5 Å². The highest BCUT2D eigenvalue weighted by molar-refractivity contribution is 5.97. The first-order chi connectivity index (χ1) is 15.2. The maximum atomic E-state index is 12.4. The largest absolute Gasteiger partial charge is 0.493 e. The van der Waals surface area contributed by atoms with Crippen molar-refractivity contribution in [1.29, 1.82) is 0 Å². The summed E-state index contributed by atoms with van der Waals surface area (Å²) < 4.78 is 6.05. The summed E-state index contributed by atoms with van der Waals surface area (Å²) in [4.78, 5) is 19.3. The molecule has 5 nitrogen and oxygen atoms in total. The maximum absolute atomic E-state index is 12.4. The van der Waals surface area contributed by atoms with Crippen LogP contribution in [-0.4, -0.2) is 56.2 Å². The van der Waals surface area contributed by atoms with Gasteiger partial charge in [-0.05, 0) is 43.5 Å². The first-order valence-electron chi connectivity index (χ1n) is 11.4. The number of carbonyl (C=O) groups excluding carboxylic acids is 1. The lowest BCUT2D eigenvalue weighted by molar-refractivity contribution is -0.119. The Morgan fingerprint density at radius 3 is 2.58 bits per heavy atom. The molecule has 0 spiro atoms. The predicted molar refractivity (Wildman–Crippen MR) is 127 cm³/mol. The zero-order valence-corrected chi connectivity index (χ0v) is 18.5. The Morgan fingerprint density at radius 1 is 1.06 bits per heavy atom. The molecule has 2 aromatic carbocycles. The van der Waals surface area contributed by atoms with Crippen LogP contribution in [0.4, 0.5) is 11.4 Å². The quantitative estimate of drug-likeness (QED) is 0.476. The fourth-order valence-corrected chi connectivity index (χ4v) is 4.46. The summed E-state index contributed by atoms with van der Waals surface area (Å²) in [6.45, 7) is 11.9. The zero-order valence-electron chi connectivity index (χ0n) is 18.5. The fourth-order valence-electron chi connectivity index (χ4n) is 4.46. The molecule has 1 amide bonds. The van der Waals surface area contributed by atoms with Crippen molar-refractivity contribution in [2.75, 3.05) is 49.1 Å². The second kappa shape index (κ2) is 10.0. The highest BCUT2D eigenvalue weighted by atomic mass is 16.5. The molecule has 0 aliphatic carbocycles. The van der Waals surface area contributed by atoms with Gasteiger partial charge in [-0.1, -0.05) is 30.3 Å². The summed E-state index contributed by atoms with van der Waals surface area (Å²) in [5.74, 6) is 0.996. The first-order valence-corrected chi connectivity index (χ1v) is 11.4. The number of benzene rings is 2. The molecule has 31 heavy (non-hydrogen) atoms. The number of carbonyl (C=O) groups is 1. The van der Waals surface area contributed by atoms with Crippen LogP contribution in [0.1, 0.15) is 25.3 Å². The van der Waals surface area contributed by atoms with Crippen LogP contribution in [0.5, 0.6) is 5.75 Å². The molecule has 2 aliphatic heterocycles. The Bertz CT molecular complexity index is 891. The number of para-hydroxylation sites is 1. The van der Waals surface area contributed by atoms with Crippen molar-refractivity contribution in [3.8, 4) is 5.75 Å². The van der Waals surface area contributed by atoms with E-state index in [-0.39, 0.29) is 11.9 Å². The van der Waals surface area contributed by atoms with Gasteiger partial charge in [0.15, 0.2) is 0 Å². The van der Waals surface area contributed by atoms with Gasteiger partial charge in [0.25, 0.3) is 0 Å². The molecule has 0 N–H and O–H groups in total. The Kier molecular flexibility index (Phi) is 6.92. The van der Waals surface area contributed by atoms with Gasteiger partial charge in [-0.25, -0.2) is 0 Å². The van der Waals surface area contributed by atoms with E-state index in [2.05, 4.69) is 52.8 Å². The van der Waals surface area contributed by atoms with E-state index in [9.17, 15) is 4.79 Å². The molecular weight excluding hydrogens is 386 g/mol. The molecule has 2 heterocycles. The van der Waals surface area contributed by atoms with Crippen molar-refractivity contribution in [1.82, 2.24) is 4.90 Å². The van der Waals surface area contributed by atoms with E-state index < -0.39 is 0 Å². The van der Waals surface area contributed by atoms with E-state index in [1.807, 2.05) is 30.0 Å². The average Bonchev–Trinajstić information content (AvgIpc) is 2.82. The fraction of sp³-hybridized carbons (Fsp3) is 0.423. The number of aryl methyl sites for hydroxylation is 1. The van der Waals surface area contributed by atoms with Gasteiger partial charge in [-0.15, -0.1) is 6.58 Å². The lowest BCUT2D eigenvalue weighted by atomic mass is 9.99. The van der Waals surface area contributed by atoms with Gasteiger partial charge in [0.2, 0.25) is 5.91 Å². The third kappa shape index (κ3) is 5.10. The van der Waals surface area contributed by atoms with Gasteiger partial charge in [0.05, 0.1) is 18.3 Å². The van der Waals surface area contributed by atoms with Crippen LogP contribution in [-0.2, 0) is 11.2 Å². The molecule has 0 radical (unpaired) electrons. The molecule has 0 saturated carbocycles. The first kappa shape index (κ1) is 21.4. The van der Waals surface area contributed by atoms with Crippen molar-refractivity contribution < 1.29 is 9.53 Å². The van der Waals surface area contributed by atoms with Crippen LogP contribution in [0.15, 0.2) is 61.2 Å². The highest BCUT2D eigenvalue weighted by Gasteiger charge is 2.27. The van der Waals surface area contributed by atoms with Gasteiger partial charge in [-0.3, -0.25) is 9.69 Å². The summed E-state index contributed by atoms with van der Waals surface area (Å²) >= 11 is 0. The maximum Gasteiger partial charge on any atom is 0.227 e. The number of anilines is 2. The minimum absolute atomic E-state index is 0.0173. The molecule has 4 rings (SSSR count). The Hall–Kier alpha value is -2.79. The molecule has 164 valence electrons. The van der Waals surface area contributed by atoms with Crippen LogP contribution in [0.2, 0.25) is 0 Å². The molecule has 1 unspecified atom stereocenters. The SMILES string of the molecule is C=CC(C)N1C(=O)CCc2ccc(OCCCN3CCN(c4ccccc4)CC3)cc21. The van der Waals surface area contributed by atoms with Gasteiger partial charge in [0.1, 0.15) is 5.75 Å². The smallest absolute Gasteiger partial charge is 0.227 e. The van der Waals surface area contributed by atoms with E-state index in [0.717, 1.165) is 57.0 Å². The normalized spacial score (nSPS) is 17.9. The third-order valence-corrected chi connectivity index (χ3v) is 6.32. The molecule has 2 aromatic rings. The van der Waals surface area contributed by atoms with E-state index in [0.29, 0.717) is 13.0 Å². The average molecular weight is 420 g/mol. The standard InChI is InChI=1S/C26H33N3O2/c1-3-21(2)29-25-20-24(12-10-22(25)11-13-26(29)30)31-19-7-14-27-15-17-28(18-16-27)23-8-5-4-6-9-23/h3-6,8-10,12,20-21H,1,7,11,13-19H2,2H3. The Labute approximate surface area is 185 Å². The van der Waals surface area contributed by atoms with Crippen LogP contribution < -0.4 is 14.5 Å². The van der Waals surface area contributed by atoms with Crippen molar-refractivity contribution in [3.05, 3.63) is 66.7 Å². The highest BCUT2D eigenvalue weighted by Crippen LogP contribution is 2.33. The predicted octanol–water partition coefficient (Wildman–Crippen LogP) is 4.13. The van der Waals surface area contributed by atoms with E-state index in [1.54, 1.807) is 0 Å². The summed E-state index contributed by atoms with van der Waals surface area (Å²) in [5, 5.41) is 0. The van der Waals surface area contributed by atoms with Gasteiger partial charge >= 0.3 is 0 Å². The number of piperazine rings is 1. The Morgan fingerprint density at radius 2 is 1.84 bits per heavy atom. The van der Waals surface area contributed by atoms with Crippen molar-refractivity contribution in [2.45, 2.75) is 32.2 Å². The molecule has 0 bridgehead atoms. The van der Waals surface area contributed by atoms with Crippen molar-refractivity contribution >= 4 is 17.3 Å². The minimum atomic E-state index is -0.0173. The molecular formula is C26H33N3O2. The summed E-state index contributed by atoms with van der Waals surface area (Å²) in [6, 6.07) is 16.8. The number of hydrogen-bond donors (Lipinski definition) is 0. The number of nitrogens with zero attached hydrogens (tertiary/aromatic N) is 3. The van der Waals surface area contributed by atoms with E-state index in [4.69, 9.17) is 4.74 Å². The lowest BCUT2D eigenvalue weighted by Gasteiger charge is -2.36. The lowest BCUT2D eigenvalue weighted by Crippen LogP contribution is -2.46. The monoisotopic (exact) mass is 419 g/mol. The minimum Gasteiger partial charge on any atom is -0.493 e. The third-order valence-electron chi connectivity index (χ3n) is 6.32. The molecule has 1 saturated heterocycles. The summed E-state index contributed by atoms with van der Waals surface area (Å²) in [6.07, 6.45) is 4.17. The van der Waals surface area contributed by atoms with Crippen LogP contribution in [0, 0.1) is 0 Å². The number of amides is 1.